The molecule has 0 unspecified atom stereocenters. The molecule has 1 amide bonds. The number of nitrogens with one attached hydrogen (secondary N) is 1. The Morgan fingerprint density at radius 3 is 2.65 bits per heavy atom. The van der Waals surface area contributed by atoms with Gasteiger partial charge in [-0.15, -0.1) is 0 Å². The Labute approximate surface area is 136 Å². The molecule has 0 bridgehead atoms. The summed E-state index contributed by atoms with van der Waals surface area (Å²) in [6.07, 6.45) is 2.85. The van der Waals surface area contributed by atoms with E-state index in [0.29, 0.717) is 25.9 Å². The van der Waals surface area contributed by atoms with Crippen molar-refractivity contribution >= 4 is 26.6 Å². The number of rotatable bonds is 4. The maximum atomic E-state index is 12.7. The molecule has 3 rings (SSSR count). The van der Waals surface area contributed by atoms with E-state index in [1.807, 2.05) is 42.3 Å². The van der Waals surface area contributed by atoms with Gasteiger partial charge < -0.3 is 9.88 Å². The van der Waals surface area contributed by atoms with E-state index >= 15 is 0 Å². The van der Waals surface area contributed by atoms with Gasteiger partial charge in [0.05, 0.1) is 11.5 Å². The third-order valence-corrected chi connectivity index (χ3v) is 6.35. The van der Waals surface area contributed by atoms with E-state index in [-0.39, 0.29) is 23.3 Å². The molecule has 1 N–H and O–H groups in total. The second-order valence-corrected chi connectivity index (χ2v) is 8.44. The SMILES string of the molecule is CCN(Cc1c[nH]c2ccccc12)C(=O)C1CCS(=O)(=O)CC1. The standard InChI is InChI=1S/C17H22N2O3S/c1-2-19(17(20)13-7-9-23(21,22)10-8-13)12-14-11-18-16-6-4-3-5-15(14)16/h3-6,11,13,18H,2,7-10,12H2,1H3. The van der Waals surface area contributed by atoms with Crippen molar-refractivity contribution in [3.63, 3.8) is 0 Å². The number of hydrogen-bond donors (Lipinski definition) is 1. The summed E-state index contributed by atoms with van der Waals surface area (Å²) in [5.41, 5.74) is 2.16. The highest BCUT2D eigenvalue weighted by Gasteiger charge is 2.31. The number of fused-ring (bicyclic) bond motifs is 1. The summed E-state index contributed by atoms with van der Waals surface area (Å²) in [5, 5.41) is 1.13. The Morgan fingerprint density at radius 2 is 1.96 bits per heavy atom. The first-order valence-corrected chi connectivity index (χ1v) is 9.86. The van der Waals surface area contributed by atoms with Crippen molar-refractivity contribution in [2.24, 2.45) is 5.92 Å². The molecular formula is C17H22N2O3S. The molecule has 0 saturated carbocycles. The van der Waals surface area contributed by atoms with Crippen LogP contribution in [0.1, 0.15) is 25.3 Å². The molecular weight excluding hydrogens is 312 g/mol. The molecule has 1 fully saturated rings. The Morgan fingerprint density at radius 1 is 1.26 bits per heavy atom. The van der Waals surface area contributed by atoms with Crippen molar-refractivity contribution in [2.45, 2.75) is 26.3 Å². The Hall–Kier alpha value is -1.82. The fourth-order valence-electron chi connectivity index (χ4n) is 3.21. The molecule has 1 aromatic carbocycles. The van der Waals surface area contributed by atoms with Crippen molar-refractivity contribution in [3.05, 3.63) is 36.0 Å². The summed E-state index contributed by atoms with van der Waals surface area (Å²) >= 11 is 0. The van der Waals surface area contributed by atoms with Crippen LogP contribution in [0.5, 0.6) is 0 Å². The second-order valence-electron chi connectivity index (χ2n) is 6.14. The number of carbonyl (C=O) groups is 1. The maximum absolute atomic E-state index is 12.7. The minimum atomic E-state index is -2.94. The predicted octanol–water partition coefficient (Wildman–Crippen LogP) is 2.34. The van der Waals surface area contributed by atoms with Gasteiger partial charge in [0, 0.05) is 36.1 Å². The molecule has 1 saturated heterocycles. The Bertz CT molecular complexity index is 796. The molecule has 124 valence electrons. The summed E-state index contributed by atoms with van der Waals surface area (Å²) < 4.78 is 23.1. The van der Waals surface area contributed by atoms with Crippen LogP contribution in [0.4, 0.5) is 0 Å². The van der Waals surface area contributed by atoms with Gasteiger partial charge in [-0.05, 0) is 31.4 Å². The minimum Gasteiger partial charge on any atom is -0.361 e. The van der Waals surface area contributed by atoms with Crippen LogP contribution in [0.3, 0.4) is 0 Å². The van der Waals surface area contributed by atoms with Gasteiger partial charge in [-0.3, -0.25) is 4.79 Å². The van der Waals surface area contributed by atoms with Crippen molar-refractivity contribution in [2.75, 3.05) is 18.1 Å². The van der Waals surface area contributed by atoms with Crippen LogP contribution in [0.2, 0.25) is 0 Å². The molecule has 0 spiro atoms. The molecule has 5 nitrogen and oxygen atoms in total. The van der Waals surface area contributed by atoms with E-state index in [2.05, 4.69) is 4.98 Å². The zero-order valence-corrected chi connectivity index (χ0v) is 14.1. The van der Waals surface area contributed by atoms with Crippen LogP contribution in [0, 0.1) is 5.92 Å². The molecule has 2 heterocycles. The first-order chi connectivity index (χ1) is 11.0. The van der Waals surface area contributed by atoms with E-state index < -0.39 is 9.84 Å². The van der Waals surface area contributed by atoms with Crippen LogP contribution in [0.25, 0.3) is 10.9 Å². The smallest absolute Gasteiger partial charge is 0.226 e. The first-order valence-electron chi connectivity index (χ1n) is 8.04. The number of H-pyrrole nitrogens is 1. The second kappa shape index (κ2) is 6.35. The van der Waals surface area contributed by atoms with Crippen LogP contribution in [-0.2, 0) is 21.2 Å². The number of aromatic amines is 1. The molecule has 2 aromatic rings. The van der Waals surface area contributed by atoms with Crippen LogP contribution in [-0.4, -0.2) is 42.3 Å². The summed E-state index contributed by atoms with van der Waals surface area (Å²) in [6.45, 7) is 3.15. The lowest BCUT2D eigenvalue weighted by molar-refractivity contribution is -0.136. The fourth-order valence-corrected chi connectivity index (χ4v) is 4.70. The minimum absolute atomic E-state index is 0.0766. The number of nitrogens with zero attached hydrogens (tertiary/aromatic N) is 1. The average Bonchev–Trinajstić information content (AvgIpc) is 2.95. The monoisotopic (exact) mass is 334 g/mol. The highest BCUT2D eigenvalue weighted by Crippen LogP contribution is 2.24. The van der Waals surface area contributed by atoms with Gasteiger partial charge in [-0.1, -0.05) is 18.2 Å². The average molecular weight is 334 g/mol. The van der Waals surface area contributed by atoms with Gasteiger partial charge in [0.1, 0.15) is 9.84 Å². The summed E-state index contributed by atoms with van der Waals surface area (Å²) in [4.78, 5) is 17.8. The predicted molar refractivity (Wildman–Crippen MR) is 90.8 cm³/mol. The zero-order valence-electron chi connectivity index (χ0n) is 13.3. The third-order valence-electron chi connectivity index (χ3n) is 4.63. The highest BCUT2D eigenvalue weighted by molar-refractivity contribution is 7.91. The highest BCUT2D eigenvalue weighted by atomic mass is 32.2. The van der Waals surface area contributed by atoms with Gasteiger partial charge in [-0.2, -0.15) is 0 Å². The van der Waals surface area contributed by atoms with Crippen molar-refractivity contribution in [3.8, 4) is 0 Å². The van der Waals surface area contributed by atoms with Crippen LogP contribution >= 0.6 is 0 Å². The molecule has 23 heavy (non-hydrogen) atoms. The molecule has 0 radical (unpaired) electrons. The lowest BCUT2D eigenvalue weighted by Gasteiger charge is -2.28. The topological polar surface area (TPSA) is 70.2 Å². The molecule has 1 aliphatic rings. The number of carbonyl (C=O) groups excluding carboxylic acids is 1. The van der Waals surface area contributed by atoms with E-state index in [0.717, 1.165) is 16.5 Å². The summed E-state index contributed by atoms with van der Waals surface area (Å²) in [5.74, 6) is 0.179. The molecule has 0 atom stereocenters. The third kappa shape index (κ3) is 3.42. The Balaban J connectivity index is 1.74. The lowest BCUT2D eigenvalue weighted by Crippen LogP contribution is -2.39. The van der Waals surface area contributed by atoms with Gasteiger partial charge in [-0.25, -0.2) is 8.42 Å². The van der Waals surface area contributed by atoms with E-state index in [1.54, 1.807) is 0 Å². The van der Waals surface area contributed by atoms with Crippen LogP contribution < -0.4 is 0 Å². The zero-order chi connectivity index (χ0) is 16.4. The van der Waals surface area contributed by atoms with Gasteiger partial charge in [0.15, 0.2) is 0 Å². The van der Waals surface area contributed by atoms with Gasteiger partial charge in [0.25, 0.3) is 0 Å². The fraction of sp³-hybridized carbons (Fsp3) is 0.471. The molecule has 1 aliphatic heterocycles. The van der Waals surface area contributed by atoms with E-state index in [9.17, 15) is 13.2 Å². The number of para-hydroxylation sites is 1. The Kier molecular flexibility index (Phi) is 4.43. The molecule has 0 aliphatic carbocycles. The van der Waals surface area contributed by atoms with Gasteiger partial charge >= 0.3 is 0 Å². The first kappa shape index (κ1) is 16.1. The van der Waals surface area contributed by atoms with Crippen molar-refractivity contribution in [1.82, 2.24) is 9.88 Å². The number of benzene rings is 1. The number of sulfone groups is 1. The van der Waals surface area contributed by atoms with Gasteiger partial charge in [0.2, 0.25) is 5.91 Å². The lowest BCUT2D eigenvalue weighted by atomic mass is 10.0. The number of amides is 1. The molecule has 1 aromatic heterocycles. The van der Waals surface area contributed by atoms with E-state index in [4.69, 9.17) is 0 Å². The summed E-state index contributed by atoms with van der Waals surface area (Å²) in [7, 11) is -2.94. The van der Waals surface area contributed by atoms with Crippen LogP contribution in [0.15, 0.2) is 30.5 Å². The quantitative estimate of drug-likeness (QED) is 0.933. The largest absolute Gasteiger partial charge is 0.361 e. The number of aromatic nitrogens is 1. The molecule has 6 heteroatoms. The van der Waals surface area contributed by atoms with E-state index in [1.165, 1.54) is 0 Å². The summed E-state index contributed by atoms with van der Waals surface area (Å²) in [6, 6.07) is 8.03. The van der Waals surface area contributed by atoms with Crippen molar-refractivity contribution in [1.29, 1.82) is 0 Å². The number of hydrogen-bond acceptors (Lipinski definition) is 3. The maximum Gasteiger partial charge on any atom is 0.226 e. The normalized spacial score (nSPS) is 18.1. The van der Waals surface area contributed by atoms with Crippen molar-refractivity contribution < 1.29 is 13.2 Å².